The van der Waals surface area contributed by atoms with Gasteiger partial charge < -0.3 is 10.1 Å². The Bertz CT molecular complexity index is 568. The molecule has 0 aliphatic rings. The first-order valence-electron chi connectivity index (χ1n) is 7.20. The van der Waals surface area contributed by atoms with E-state index in [1.807, 2.05) is 24.0 Å². The van der Waals surface area contributed by atoms with Gasteiger partial charge in [0.1, 0.15) is 5.82 Å². The molecule has 0 saturated heterocycles. The molecule has 0 amide bonds. The summed E-state index contributed by atoms with van der Waals surface area (Å²) >= 11 is 0. The summed E-state index contributed by atoms with van der Waals surface area (Å²) in [7, 11) is 1.70. The van der Waals surface area contributed by atoms with Gasteiger partial charge in [0.15, 0.2) is 0 Å². The molecule has 5 heteroatoms. The first kappa shape index (κ1) is 15.7. The van der Waals surface area contributed by atoms with Crippen LogP contribution in [-0.2, 0) is 11.2 Å². The highest BCUT2D eigenvalue weighted by Gasteiger charge is 2.05. The number of benzene rings is 1. The zero-order chi connectivity index (χ0) is 15.1. The summed E-state index contributed by atoms with van der Waals surface area (Å²) in [6.07, 6.45) is 5.91. The van der Waals surface area contributed by atoms with Crippen molar-refractivity contribution in [2.75, 3.05) is 26.8 Å². The third kappa shape index (κ3) is 4.65. The summed E-state index contributed by atoms with van der Waals surface area (Å²) in [5, 5.41) is 7.68. The predicted molar refractivity (Wildman–Crippen MR) is 81.3 cm³/mol. The fraction of sp³-hybridized carbons (Fsp3) is 0.438. The number of nitrogens with zero attached hydrogens (tertiary/aromatic N) is 2. The van der Waals surface area contributed by atoms with Crippen LogP contribution in [-0.4, -0.2) is 36.6 Å². The third-order valence-electron chi connectivity index (χ3n) is 3.34. The molecule has 4 nitrogen and oxygen atoms in total. The second-order valence-electron chi connectivity index (χ2n) is 5.07. The van der Waals surface area contributed by atoms with Crippen molar-refractivity contribution in [3.63, 3.8) is 0 Å². The number of methoxy groups -OCH3 is 1. The lowest BCUT2D eigenvalue weighted by Gasteiger charge is -2.05. The fourth-order valence-electron chi connectivity index (χ4n) is 2.21. The standard InChI is InChI=1S/C16H22FN3O/c1-13-10-15(17)5-6-16(13)20-12-14(11-19-20)4-3-7-18-8-9-21-2/h5-6,10-12,18H,3-4,7-9H2,1-2H3. The quantitative estimate of drug-likeness (QED) is 0.760. The van der Waals surface area contributed by atoms with Crippen molar-refractivity contribution in [1.82, 2.24) is 15.1 Å². The molecule has 0 saturated carbocycles. The van der Waals surface area contributed by atoms with Crippen molar-refractivity contribution in [3.8, 4) is 5.69 Å². The van der Waals surface area contributed by atoms with E-state index in [0.717, 1.165) is 43.8 Å². The number of aromatic nitrogens is 2. The lowest BCUT2D eigenvalue weighted by molar-refractivity contribution is 0.199. The van der Waals surface area contributed by atoms with E-state index in [1.54, 1.807) is 13.2 Å². The minimum Gasteiger partial charge on any atom is -0.383 e. The van der Waals surface area contributed by atoms with Gasteiger partial charge in [0.05, 0.1) is 18.5 Å². The Morgan fingerprint density at radius 1 is 1.33 bits per heavy atom. The number of hydrogen-bond acceptors (Lipinski definition) is 3. The zero-order valence-corrected chi connectivity index (χ0v) is 12.6. The lowest BCUT2D eigenvalue weighted by Crippen LogP contribution is -2.20. The van der Waals surface area contributed by atoms with Crippen LogP contribution in [0, 0.1) is 12.7 Å². The minimum absolute atomic E-state index is 0.217. The van der Waals surface area contributed by atoms with E-state index in [2.05, 4.69) is 10.4 Å². The summed E-state index contributed by atoms with van der Waals surface area (Å²) < 4.78 is 19.9. The molecule has 0 bridgehead atoms. The first-order valence-corrected chi connectivity index (χ1v) is 7.20. The molecular formula is C16H22FN3O. The topological polar surface area (TPSA) is 39.1 Å². The smallest absolute Gasteiger partial charge is 0.123 e. The van der Waals surface area contributed by atoms with Crippen LogP contribution in [0.4, 0.5) is 4.39 Å². The molecule has 1 aromatic heterocycles. The Morgan fingerprint density at radius 2 is 2.19 bits per heavy atom. The molecule has 0 fully saturated rings. The average Bonchev–Trinajstić information content (AvgIpc) is 2.91. The number of rotatable bonds is 8. The normalized spacial score (nSPS) is 11.0. The molecule has 1 N–H and O–H groups in total. The second-order valence-corrected chi connectivity index (χ2v) is 5.07. The zero-order valence-electron chi connectivity index (χ0n) is 12.6. The summed E-state index contributed by atoms with van der Waals surface area (Å²) in [5.41, 5.74) is 2.99. The summed E-state index contributed by atoms with van der Waals surface area (Å²) in [6, 6.07) is 4.74. The Hall–Kier alpha value is -1.72. The number of halogens is 1. The van der Waals surface area contributed by atoms with Crippen molar-refractivity contribution >= 4 is 0 Å². The third-order valence-corrected chi connectivity index (χ3v) is 3.34. The van der Waals surface area contributed by atoms with Crippen LogP contribution in [0.25, 0.3) is 5.69 Å². The van der Waals surface area contributed by atoms with Crippen molar-refractivity contribution in [2.24, 2.45) is 0 Å². The van der Waals surface area contributed by atoms with E-state index in [0.29, 0.717) is 0 Å². The summed E-state index contributed by atoms with van der Waals surface area (Å²) in [5.74, 6) is -0.217. The van der Waals surface area contributed by atoms with Gasteiger partial charge >= 0.3 is 0 Å². The van der Waals surface area contributed by atoms with Gasteiger partial charge in [-0.2, -0.15) is 5.10 Å². The Labute approximate surface area is 124 Å². The van der Waals surface area contributed by atoms with Crippen LogP contribution in [0.5, 0.6) is 0 Å². The van der Waals surface area contributed by atoms with Crippen LogP contribution in [0.1, 0.15) is 17.5 Å². The van der Waals surface area contributed by atoms with Gasteiger partial charge in [-0.3, -0.25) is 0 Å². The fourth-order valence-corrected chi connectivity index (χ4v) is 2.21. The molecule has 0 spiro atoms. The highest BCUT2D eigenvalue weighted by atomic mass is 19.1. The highest BCUT2D eigenvalue weighted by Crippen LogP contribution is 2.15. The molecule has 1 heterocycles. The molecule has 0 radical (unpaired) electrons. The maximum Gasteiger partial charge on any atom is 0.123 e. The van der Waals surface area contributed by atoms with E-state index in [1.165, 1.54) is 17.7 Å². The largest absolute Gasteiger partial charge is 0.383 e. The van der Waals surface area contributed by atoms with Gasteiger partial charge in [0, 0.05) is 19.9 Å². The lowest BCUT2D eigenvalue weighted by atomic mass is 10.2. The first-order chi connectivity index (χ1) is 10.2. The van der Waals surface area contributed by atoms with Gasteiger partial charge in [0.25, 0.3) is 0 Å². The maximum atomic E-state index is 13.1. The van der Waals surface area contributed by atoms with E-state index in [9.17, 15) is 4.39 Å². The van der Waals surface area contributed by atoms with Crippen LogP contribution in [0.15, 0.2) is 30.6 Å². The second kappa shape index (κ2) is 7.90. The molecule has 0 aliphatic heterocycles. The van der Waals surface area contributed by atoms with Crippen molar-refractivity contribution < 1.29 is 9.13 Å². The van der Waals surface area contributed by atoms with Crippen LogP contribution in [0.2, 0.25) is 0 Å². The van der Waals surface area contributed by atoms with Crippen LogP contribution >= 0.6 is 0 Å². The molecule has 114 valence electrons. The SMILES string of the molecule is COCCNCCCc1cnn(-c2ccc(F)cc2C)c1. The van der Waals surface area contributed by atoms with Crippen molar-refractivity contribution in [2.45, 2.75) is 19.8 Å². The average molecular weight is 291 g/mol. The number of nitrogens with one attached hydrogen (secondary N) is 1. The van der Waals surface area contributed by atoms with Gasteiger partial charge in [0.2, 0.25) is 0 Å². The van der Waals surface area contributed by atoms with Crippen molar-refractivity contribution in [3.05, 3.63) is 47.5 Å². The molecule has 0 unspecified atom stereocenters. The number of ether oxygens (including phenoxy) is 1. The predicted octanol–water partition coefficient (Wildman–Crippen LogP) is 2.49. The van der Waals surface area contributed by atoms with Crippen molar-refractivity contribution in [1.29, 1.82) is 0 Å². The Balaban J connectivity index is 1.86. The minimum atomic E-state index is -0.217. The number of aryl methyl sites for hydroxylation is 2. The molecule has 2 aromatic rings. The van der Waals surface area contributed by atoms with Gasteiger partial charge in [-0.05, 0) is 55.6 Å². The Morgan fingerprint density at radius 3 is 2.95 bits per heavy atom. The molecule has 1 aromatic carbocycles. The van der Waals surface area contributed by atoms with Gasteiger partial charge in [-0.25, -0.2) is 9.07 Å². The summed E-state index contributed by atoms with van der Waals surface area (Å²) in [4.78, 5) is 0. The molecule has 0 atom stereocenters. The molecular weight excluding hydrogens is 269 g/mol. The molecule has 0 aliphatic carbocycles. The Kier molecular flexibility index (Phi) is 5.90. The van der Waals surface area contributed by atoms with E-state index < -0.39 is 0 Å². The van der Waals surface area contributed by atoms with Crippen LogP contribution in [0.3, 0.4) is 0 Å². The maximum absolute atomic E-state index is 13.1. The molecule has 2 rings (SSSR count). The van der Waals surface area contributed by atoms with Gasteiger partial charge in [-0.15, -0.1) is 0 Å². The van der Waals surface area contributed by atoms with E-state index in [-0.39, 0.29) is 5.82 Å². The molecule has 21 heavy (non-hydrogen) atoms. The monoisotopic (exact) mass is 291 g/mol. The van der Waals surface area contributed by atoms with E-state index in [4.69, 9.17) is 4.74 Å². The number of hydrogen-bond donors (Lipinski definition) is 1. The van der Waals surface area contributed by atoms with Crippen LogP contribution < -0.4 is 5.32 Å². The summed E-state index contributed by atoms with van der Waals surface area (Å²) in [6.45, 7) is 4.47. The van der Waals surface area contributed by atoms with E-state index >= 15 is 0 Å². The van der Waals surface area contributed by atoms with Gasteiger partial charge in [-0.1, -0.05) is 0 Å². The highest BCUT2D eigenvalue weighted by molar-refractivity contribution is 5.40.